The predicted octanol–water partition coefficient (Wildman–Crippen LogP) is -9.85. The van der Waals surface area contributed by atoms with Gasteiger partial charge in [-0.1, -0.05) is 125 Å². The summed E-state index contributed by atoms with van der Waals surface area (Å²) >= 11 is 0. The number of carbonyl (C=O) groups excluding carboxylic acids is 6. The van der Waals surface area contributed by atoms with Gasteiger partial charge in [-0.05, 0) is 66.2 Å². The number of carboxylic acids is 6. The molecule has 106 heavy (non-hydrogen) atoms. The van der Waals surface area contributed by atoms with Crippen LogP contribution in [0.4, 0.5) is 0 Å². The molecular weight excluding hydrogens is 1890 g/mol. The molecular formula is C58H118Er2Fe4N16O26. The standard InChI is InChI=1S/4C6H13NO3.6C5H10O2.2C2H6O.2Er.4Fe.4N3/c4*8-4-1-7(2-5-9)3-6-10;6*1-5(2,3)4(6)7;2*1-2-3;;;;;;;4*1-3-2/h4*8H,1-6H2;6*1-3H3,(H,6,7);2*3H,2H2,1H3;;;;;;;;;;/q4*-2;;;;;;;;;6*+3;4*-1/p-6. The van der Waals surface area contributed by atoms with E-state index in [1.54, 1.807) is 158 Å². The van der Waals surface area contributed by atoms with Crippen LogP contribution in [0.5, 0.6) is 0 Å². The fourth-order valence-electron chi connectivity index (χ4n) is 2.94. The van der Waals surface area contributed by atoms with Crippen LogP contribution >= 0.6 is 0 Å². The molecule has 642 valence electrons. The van der Waals surface area contributed by atoms with Crippen LogP contribution in [0.1, 0.15) is 138 Å². The van der Waals surface area contributed by atoms with E-state index in [1.807, 2.05) is 0 Å². The predicted molar refractivity (Wildman–Crippen MR) is 346 cm³/mol. The average molecular weight is 2010 g/mol. The van der Waals surface area contributed by atoms with Crippen molar-refractivity contribution in [2.24, 2.45) is 32.5 Å². The number of aliphatic hydroxyl groups is 6. The summed E-state index contributed by atoms with van der Waals surface area (Å²) in [6.45, 7) is 35.7. The first-order valence-electron chi connectivity index (χ1n) is 30.0. The van der Waals surface area contributed by atoms with Gasteiger partial charge in [0.05, 0.1) is 26.4 Å². The number of aliphatic carboxylic acids is 6. The summed E-state index contributed by atoms with van der Waals surface area (Å²) in [5.41, 5.74) is 49.8. The van der Waals surface area contributed by atoms with Crippen LogP contribution in [0, 0.1) is 107 Å². The second-order valence-corrected chi connectivity index (χ2v) is 24.1. The minimum atomic E-state index is -1.01. The summed E-state index contributed by atoms with van der Waals surface area (Å²) in [6, 6.07) is 0. The Morgan fingerprint density at radius 3 is 0.340 bits per heavy atom. The van der Waals surface area contributed by atoms with Gasteiger partial charge in [0, 0.05) is 108 Å². The van der Waals surface area contributed by atoms with Crippen molar-refractivity contribution in [2.75, 3.05) is 171 Å². The van der Waals surface area contributed by atoms with Crippen molar-refractivity contribution in [2.45, 2.75) is 138 Å². The molecule has 0 fully saturated rings. The molecule has 0 aliphatic carbocycles. The minimum absolute atomic E-state index is 0. The molecule has 0 aliphatic heterocycles. The van der Waals surface area contributed by atoms with E-state index < -0.39 is 68.3 Å². The van der Waals surface area contributed by atoms with E-state index in [1.165, 1.54) is 19.6 Å². The van der Waals surface area contributed by atoms with Crippen LogP contribution < -0.4 is 71.5 Å². The summed E-state index contributed by atoms with van der Waals surface area (Å²) in [7, 11) is 0. The van der Waals surface area contributed by atoms with Crippen molar-refractivity contribution in [3.63, 3.8) is 0 Å². The molecule has 0 saturated carbocycles. The molecule has 0 bridgehead atoms. The van der Waals surface area contributed by atoms with Gasteiger partial charge >= 0.3 is 143 Å². The molecule has 0 aromatic heterocycles. The first-order valence-corrected chi connectivity index (χ1v) is 30.0. The van der Waals surface area contributed by atoms with Crippen molar-refractivity contribution < 1.29 is 274 Å². The van der Waals surface area contributed by atoms with Gasteiger partial charge in [-0.3, -0.25) is 19.6 Å². The topological polar surface area (TPSA) is 794 Å². The summed E-state index contributed by atoms with van der Waals surface area (Å²) < 4.78 is 0. The zero-order chi connectivity index (χ0) is 84.0. The largest absolute Gasteiger partial charge is 3.00 e. The second-order valence-electron chi connectivity index (χ2n) is 24.1. The Morgan fingerprint density at radius 2 is 0.311 bits per heavy atom. The van der Waals surface area contributed by atoms with Crippen molar-refractivity contribution in [1.82, 2.24) is 19.6 Å². The van der Waals surface area contributed by atoms with Crippen LogP contribution in [0.25, 0.3) is 63.9 Å². The number of carboxylic acid groups (broad SMARTS) is 6. The Labute approximate surface area is 728 Å². The first-order chi connectivity index (χ1) is 45.5. The van der Waals surface area contributed by atoms with Crippen molar-refractivity contribution in [3.05, 3.63) is 63.9 Å². The fourth-order valence-corrected chi connectivity index (χ4v) is 2.94. The number of aliphatic hydroxyl groups excluding tert-OH is 6. The third-order valence-electron chi connectivity index (χ3n) is 8.60. The van der Waals surface area contributed by atoms with Gasteiger partial charge in [-0.25, -0.2) is 0 Å². The first kappa shape index (κ1) is 164. The van der Waals surface area contributed by atoms with Gasteiger partial charge in [0.1, 0.15) is 0 Å². The SMILES string of the molecule is CC(C)(C)C(=O)[O-].CC(C)(C)C(=O)[O-].CC(C)(C)C(=O)[O-].CC(C)(C)C(=O)[O-].CC(C)(C)C(=O)[O-].CC(C)(C)C(=O)[O-].CCO.CCO.[Er+3].[Er+3].[Fe+3].[Fe+3].[Fe+3].[Fe+3].[N-]=[N+]=[N-].[N-]=[N+]=[N-].[N-]=[N+]=[N-].[N-]=[N+]=[N-].[O-]CCN(CC[O-])CCO.[O-]CCN(CC[O-])CCO.[O-]CCN(CC[O-])CCO.[O-]CCN(CC[O-])CCO. The molecule has 0 spiro atoms. The van der Waals surface area contributed by atoms with E-state index in [4.69, 9.17) is 74.9 Å². The Hall–Kier alpha value is -2.09. The van der Waals surface area contributed by atoms with E-state index in [-0.39, 0.29) is 235 Å². The van der Waals surface area contributed by atoms with E-state index in [9.17, 15) is 100 Å². The molecule has 0 aromatic carbocycles. The number of carbonyl (C=O) groups is 6. The van der Waals surface area contributed by atoms with Gasteiger partial charge in [-0.2, -0.15) is 0 Å². The van der Waals surface area contributed by atoms with Crippen LogP contribution in [0.2, 0.25) is 0 Å². The summed E-state index contributed by atoms with van der Waals surface area (Å²) in [4.78, 5) is 72.1. The maximum atomic E-state index is 10.1. The molecule has 0 aromatic rings. The van der Waals surface area contributed by atoms with Crippen LogP contribution in [-0.2, 0) is 97.0 Å². The van der Waals surface area contributed by atoms with Gasteiger partial charge < -0.3 is 195 Å². The van der Waals surface area contributed by atoms with Crippen molar-refractivity contribution >= 4 is 35.8 Å². The van der Waals surface area contributed by atoms with Gasteiger partial charge in [0.15, 0.2) is 0 Å². The zero-order valence-corrected chi connectivity index (χ0v) is 72.5. The van der Waals surface area contributed by atoms with Crippen LogP contribution in [0.3, 0.4) is 0 Å². The molecule has 0 atom stereocenters. The zero-order valence-electron chi connectivity index (χ0n) is 64.4. The van der Waals surface area contributed by atoms with Crippen molar-refractivity contribution in [3.8, 4) is 0 Å². The average Bonchev–Trinajstić information content (AvgIpc) is 3.45. The third-order valence-corrected chi connectivity index (χ3v) is 8.60. The van der Waals surface area contributed by atoms with Crippen molar-refractivity contribution in [1.29, 1.82) is 0 Å². The van der Waals surface area contributed by atoms with E-state index in [2.05, 4.69) is 0 Å². The normalized spacial score (nSPS) is 9.19. The molecule has 0 saturated heterocycles. The second kappa shape index (κ2) is 121. The Morgan fingerprint density at radius 1 is 0.255 bits per heavy atom. The number of rotatable bonds is 24. The molecule has 48 heteroatoms. The number of hydrogen-bond donors (Lipinski definition) is 6. The summed E-state index contributed by atoms with van der Waals surface area (Å²) in [5, 5.41) is 189. The molecule has 42 nitrogen and oxygen atoms in total. The van der Waals surface area contributed by atoms with E-state index in [0.29, 0.717) is 78.5 Å². The Bertz CT molecular complexity index is 1580. The molecule has 6 N–H and O–H groups in total. The molecule has 6 radical (unpaired) electrons. The molecule has 0 heterocycles. The molecule has 0 aliphatic rings. The van der Waals surface area contributed by atoms with E-state index in [0.717, 1.165) is 0 Å². The van der Waals surface area contributed by atoms with Gasteiger partial charge in [0.25, 0.3) is 0 Å². The van der Waals surface area contributed by atoms with Crippen LogP contribution in [0.15, 0.2) is 0 Å². The maximum absolute atomic E-state index is 10.1. The van der Waals surface area contributed by atoms with E-state index >= 15 is 0 Å². The van der Waals surface area contributed by atoms with Gasteiger partial charge in [0.2, 0.25) is 0 Å². The smallest absolute Gasteiger partial charge is 0.854 e. The van der Waals surface area contributed by atoms with Crippen LogP contribution in [-0.4, -0.2) is 257 Å². The quantitative estimate of drug-likeness (QED) is 0.0226. The summed E-state index contributed by atoms with van der Waals surface area (Å²) in [6.07, 6.45) is 0. The fraction of sp³-hybridized carbons (Fsp3) is 0.897. The number of hydrogen-bond acceptors (Lipinski definition) is 30. The molecule has 0 amide bonds. The van der Waals surface area contributed by atoms with Gasteiger partial charge in [-0.15, -0.1) is 52.9 Å². The molecule has 0 unspecified atom stereocenters. The monoisotopic (exact) mass is 2010 g/mol. The maximum Gasteiger partial charge on any atom is 3.00 e. The Balaban J connectivity index is -0.0000000359. The summed E-state index contributed by atoms with van der Waals surface area (Å²) in [5.74, 6) is -6.04. The number of nitrogens with zero attached hydrogens (tertiary/aromatic N) is 16. The molecule has 0 rings (SSSR count). The Kier molecular flexibility index (Phi) is 188. The minimum Gasteiger partial charge on any atom is -0.854 e. The third kappa shape index (κ3) is 212.